The molecule has 0 aliphatic carbocycles. The van der Waals surface area contributed by atoms with E-state index in [1.54, 1.807) is 0 Å². The van der Waals surface area contributed by atoms with Crippen molar-refractivity contribution in [3.8, 4) is 0 Å². The van der Waals surface area contributed by atoms with E-state index in [0.717, 1.165) is 13.0 Å². The summed E-state index contributed by atoms with van der Waals surface area (Å²) in [4.78, 5) is 12.4. The van der Waals surface area contributed by atoms with Crippen molar-refractivity contribution in [1.29, 1.82) is 0 Å². The zero-order valence-electron chi connectivity index (χ0n) is 5.69. The maximum Gasteiger partial charge on any atom is 0.355 e. The van der Waals surface area contributed by atoms with Crippen molar-refractivity contribution in [3.05, 3.63) is 12.0 Å². The Morgan fingerprint density at radius 1 is 1.91 bits per heavy atom. The first kappa shape index (κ1) is 6.84. The standard InChI is InChI=1S/C6H7NO3S/c8-6(9)4-3-10-11-5-1-2-7(4)5/h3,5H,1-2H2,(H,8,9). The minimum atomic E-state index is -0.907. The van der Waals surface area contributed by atoms with Crippen LogP contribution in [0, 0.1) is 0 Å². The molecule has 2 aliphatic rings. The molecule has 0 spiro atoms. The van der Waals surface area contributed by atoms with Crippen LogP contribution in [0.4, 0.5) is 0 Å². The molecule has 1 atom stereocenters. The van der Waals surface area contributed by atoms with Gasteiger partial charge in [-0.25, -0.2) is 4.79 Å². The quantitative estimate of drug-likeness (QED) is 0.589. The number of fused-ring (bicyclic) bond motifs is 1. The van der Waals surface area contributed by atoms with Gasteiger partial charge in [0.05, 0.1) is 12.0 Å². The SMILES string of the molecule is O=C(O)C1=COSC2CCN12. The van der Waals surface area contributed by atoms with E-state index in [9.17, 15) is 4.79 Å². The number of carboxylic acid groups (broad SMARTS) is 1. The molecule has 2 aliphatic heterocycles. The number of nitrogens with zero attached hydrogens (tertiary/aromatic N) is 1. The summed E-state index contributed by atoms with van der Waals surface area (Å²) < 4.78 is 4.91. The van der Waals surface area contributed by atoms with Crippen molar-refractivity contribution >= 4 is 18.0 Å². The molecule has 1 saturated heterocycles. The summed E-state index contributed by atoms with van der Waals surface area (Å²) in [6, 6.07) is 0. The number of carbonyl (C=O) groups is 1. The monoisotopic (exact) mass is 173 g/mol. The van der Waals surface area contributed by atoms with E-state index in [0.29, 0.717) is 0 Å². The molecule has 0 bridgehead atoms. The summed E-state index contributed by atoms with van der Waals surface area (Å²) in [5.41, 5.74) is 0.278. The predicted molar refractivity (Wildman–Crippen MR) is 39.5 cm³/mol. The molecule has 1 fully saturated rings. The van der Waals surface area contributed by atoms with E-state index in [1.807, 2.05) is 4.90 Å². The van der Waals surface area contributed by atoms with E-state index in [2.05, 4.69) is 0 Å². The second-order valence-electron chi connectivity index (χ2n) is 2.44. The fraction of sp³-hybridized carbons (Fsp3) is 0.500. The minimum absolute atomic E-state index is 0.228. The summed E-state index contributed by atoms with van der Waals surface area (Å²) in [5, 5.41) is 8.89. The molecule has 60 valence electrons. The Morgan fingerprint density at radius 2 is 2.73 bits per heavy atom. The lowest BCUT2D eigenvalue weighted by molar-refractivity contribution is -0.135. The number of rotatable bonds is 1. The van der Waals surface area contributed by atoms with Crippen LogP contribution in [-0.2, 0) is 8.98 Å². The molecule has 0 aromatic carbocycles. The molecule has 1 N–H and O–H groups in total. The summed E-state index contributed by atoms with van der Waals surface area (Å²) >= 11 is 1.32. The van der Waals surface area contributed by atoms with E-state index < -0.39 is 5.97 Å². The molecule has 1 unspecified atom stereocenters. The minimum Gasteiger partial charge on any atom is -0.476 e. The van der Waals surface area contributed by atoms with Crippen molar-refractivity contribution in [3.63, 3.8) is 0 Å². The smallest absolute Gasteiger partial charge is 0.355 e. The van der Waals surface area contributed by atoms with Crippen LogP contribution in [0.5, 0.6) is 0 Å². The molecule has 2 heterocycles. The van der Waals surface area contributed by atoms with Gasteiger partial charge in [-0.15, -0.1) is 0 Å². The highest BCUT2D eigenvalue weighted by molar-refractivity contribution is 7.95. The first-order chi connectivity index (χ1) is 5.29. The number of hydrogen-bond donors (Lipinski definition) is 1. The van der Waals surface area contributed by atoms with Crippen LogP contribution in [0.2, 0.25) is 0 Å². The first-order valence-electron chi connectivity index (χ1n) is 3.31. The zero-order valence-corrected chi connectivity index (χ0v) is 6.50. The van der Waals surface area contributed by atoms with Gasteiger partial charge in [-0.1, -0.05) is 0 Å². The number of aliphatic carboxylic acids is 1. The Balaban J connectivity index is 2.18. The molecule has 2 rings (SSSR count). The van der Waals surface area contributed by atoms with Gasteiger partial charge in [0.1, 0.15) is 11.6 Å². The highest BCUT2D eigenvalue weighted by Crippen LogP contribution is 2.36. The van der Waals surface area contributed by atoms with Gasteiger partial charge in [0, 0.05) is 6.54 Å². The molecule has 0 amide bonds. The van der Waals surface area contributed by atoms with E-state index >= 15 is 0 Å². The van der Waals surface area contributed by atoms with Crippen molar-refractivity contribution in [2.75, 3.05) is 6.54 Å². The average molecular weight is 173 g/mol. The zero-order chi connectivity index (χ0) is 7.84. The van der Waals surface area contributed by atoms with Gasteiger partial charge >= 0.3 is 5.97 Å². The summed E-state index contributed by atoms with van der Waals surface area (Å²) in [6.07, 6.45) is 2.30. The summed E-state index contributed by atoms with van der Waals surface area (Å²) in [5.74, 6) is -0.907. The van der Waals surface area contributed by atoms with Crippen molar-refractivity contribution in [2.45, 2.75) is 11.8 Å². The molecule has 0 radical (unpaired) electrons. The maximum absolute atomic E-state index is 10.5. The fourth-order valence-electron chi connectivity index (χ4n) is 1.12. The van der Waals surface area contributed by atoms with Gasteiger partial charge in [-0.2, -0.15) is 0 Å². The largest absolute Gasteiger partial charge is 0.476 e. The van der Waals surface area contributed by atoms with Gasteiger partial charge in [0.25, 0.3) is 0 Å². The van der Waals surface area contributed by atoms with Crippen LogP contribution in [0.15, 0.2) is 12.0 Å². The maximum atomic E-state index is 10.5. The van der Waals surface area contributed by atoms with Crippen LogP contribution in [0.25, 0.3) is 0 Å². The lowest BCUT2D eigenvalue weighted by Crippen LogP contribution is -2.48. The van der Waals surface area contributed by atoms with Crippen LogP contribution >= 0.6 is 12.0 Å². The summed E-state index contributed by atoms with van der Waals surface area (Å²) in [6.45, 7) is 0.832. The average Bonchev–Trinajstić information content (AvgIpc) is 1.90. The molecular formula is C6H7NO3S. The molecule has 4 nitrogen and oxygen atoms in total. The Hall–Kier alpha value is -0.840. The number of hydrogen-bond acceptors (Lipinski definition) is 4. The van der Waals surface area contributed by atoms with Crippen LogP contribution < -0.4 is 0 Å². The van der Waals surface area contributed by atoms with Gasteiger partial charge in [-0.05, 0) is 6.42 Å². The third kappa shape index (κ3) is 0.956. The highest BCUT2D eigenvalue weighted by Gasteiger charge is 2.37. The van der Waals surface area contributed by atoms with Crippen molar-refractivity contribution in [1.82, 2.24) is 4.90 Å². The van der Waals surface area contributed by atoms with E-state index in [-0.39, 0.29) is 11.1 Å². The number of carboxylic acids is 1. The molecule has 5 heteroatoms. The van der Waals surface area contributed by atoms with Gasteiger partial charge in [-0.3, -0.25) is 0 Å². The molecule has 0 aromatic rings. The molecule has 0 aromatic heterocycles. The van der Waals surface area contributed by atoms with Crippen LogP contribution in [0.1, 0.15) is 6.42 Å². The normalized spacial score (nSPS) is 27.8. The molecule has 11 heavy (non-hydrogen) atoms. The van der Waals surface area contributed by atoms with Crippen molar-refractivity contribution < 1.29 is 14.1 Å². The van der Waals surface area contributed by atoms with Gasteiger partial charge in [0.15, 0.2) is 5.70 Å². The third-order valence-corrected chi connectivity index (χ3v) is 2.74. The Bertz CT molecular complexity index is 228. The van der Waals surface area contributed by atoms with Crippen LogP contribution in [-0.4, -0.2) is 27.9 Å². The van der Waals surface area contributed by atoms with E-state index in [4.69, 9.17) is 9.29 Å². The predicted octanol–water partition coefficient (Wildman–Crippen LogP) is 0.623. The fourth-order valence-corrected chi connectivity index (χ4v) is 1.92. The second kappa shape index (κ2) is 2.34. The first-order valence-corrected chi connectivity index (χ1v) is 4.12. The molecular weight excluding hydrogens is 166 g/mol. The Morgan fingerprint density at radius 3 is 3.18 bits per heavy atom. The van der Waals surface area contributed by atoms with E-state index in [1.165, 1.54) is 18.3 Å². The Kier molecular flexibility index (Phi) is 1.45. The Labute approximate surface area is 68.0 Å². The molecule has 0 saturated carbocycles. The van der Waals surface area contributed by atoms with Crippen molar-refractivity contribution in [2.24, 2.45) is 0 Å². The van der Waals surface area contributed by atoms with Gasteiger partial charge in [0.2, 0.25) is 0 Å². The topological polar surface area (TPSA) is 49.8 Å². The van der Waals surface area contributed by atoms with Crippen LogP contribution in [0.3, 0.4) is 0 Å². The summed E-state index contributed by atoms with van der Waals surface area (Å²) in [7, 11) is 0. The second-order valence-corrected chi connectivity index (χ2v) is 3.37. The lowest BCUT2D eigenvalue weighted by Gasteiger charge is -2.42. The third-order valence-electron chi connectivity index (χ3n) is 1.82. The lowest BCUT2D eigenvalue weighted by atomic mass is 10.2. The highest BCUT2D eigenvalue weighted by atomic mass is 32.2. The van der Waals surface area contributed by atoms with Gasteiger partial charge < -0.3 is 14.2 Å².